The van der Waals surface area contributed by atoms with Crippen LogP contribution in [0.2, 0.25) is 0 Å². The minimum Gasteiger partial charge on any atom is -0.273 e. The largest absolute Gasteiger partial charge is 0.273 e. The lowest BCUT2D eigenvalue weighted by atomic mass is 10.3. The number of sulfonamides is 1. The van der Waals surface area contributed by atoms with Crippen molar-refractivity contribution in [1.82, 2.24) is 14.5 Å². The van der Waals surface area contributed by atoms with Crippen LogP contribution < -0.4 is 4.72 Å². The minimum absolute atomic E-state index is 0.167. The van der Waals surface area contributed by atoms with Crippen LogP contribution in [0.4, 0.5) is 0 Å². The highest BCUT2D eigenvalue weighted by Gasteiger charge is 2.23. The van der Waals surface area contributed by atoms with Gasteiger partial charge in [0.25, 0.3) is 0 Å². The molecule has 0 aliphatic heterocycles. The summed E-state index contributed by atoms with van der Waals surface area (Å²) >= 11 is 0. The van der Waals surface area contributed by atoms with Gasteiger partial charge in [-0.05, 0) is 13.3 Å². The summed E-state index contributed by atoms with van der Waals surface area (Å²) in [6, 6.07) is 1.78. The predicted octanol–water partition coefficient (Wildman–Crippen LogP) is 0.450. The molecule has 0 saturated carbocycles. The molecule has 1 atom stereocenters. The summed E-state index contributed by atoms with van der Waals surface area (Å²) in [4.78, 5) is 0. The van der Waals surface area contributed by atoms with Gasteiger partial charge in [0.15, 0.2) is 5.25 Å². The second kappa shape index (κ2) is 5.29. The second-order valence-electron chi connectivity index (χ2n) is 3.77. The van der Waals surface area contributed by atoms with Crippen molar-refractivity contribution in [3.05, 3.63) is 17.5 Å². The third-order valence-electron chi connectivity index (χ3n) is 2.69. The summed E-state index contributed by atoms with van der Waals surface area (Å²) in [6.45, 7) is 3.70. The highest BCUT2D eigenvalue weighted by molar-refractivity contribution is 7.90. The SMILES string of the molecule is CCC(C#N)S(=O)(=O)NCc1cnn(C)c1C. The van der Waals surface area contributed by atoms with E-state index in [2.05, 4.69) is 9.82 Å². The van der Waals surface area contributed by atoms with E-state index in [4.69, 9.17) is 5.26 Å². The summed E-state index contributed by atoms with van der Waals surface area (Å²) in [5, 5.41) is 11.8. The Kier molecular flexibility index (Phi) is 4.26. The van der Waals surface area contributed by atoms with Crippen molar-refractivity contribution < 1.29 is 8.42 Å². The maximum Gasteiger partial charge on any atom is 0.228 e. The van der Waals surface area contributed by atoms with E-state index < -0.39 is 15.3 Å². The van der Waals surface area contributed by atoms with Gasteiger partial charge in [-0.15, -0.1) is 0 Å². The predicted molar refractivity (Wildman–Crippen MR) is 63.4 cm³/mol. The van der Waals surface area contributed by atoms with Crippen LogP contribution in [0.1, 0.15) is 24.6 Å². The Morgan fingerprint density at radius 1 is 1.65 bits per heavy atom. The molecule has 1 aromatic rings. The quantitative estimate of drug-likeness (QED) is 0.828. The number of aromatic nitrogens is 2. The molecule has 0 aliphatic carbocycles. The Balaban J connectivity index is 2.75. The number of nitrogens with one attached hydrogen (secondary N) is 1. The number of hydrogen-bond donors (Lipinski definition) is 1. The molecule has 17 heavy (non-hydrogen) atoms. The van der Waals surface area contributed by atoms with Crippen molar-refractivity contribution in [3.63, 3.8) is 0 Å². The van der Waals surface area contributed by atoms with Crippen molar-refractivity contribution in [2.75, 3.05) is 0 Å². The van der Waals surface area contributed by atoms with Gasteiger partial charge in [-0.25, -0.2) is 13.1 Å². The maximum atomic E-state index is 11.7. The average Bonchev–Trinajstić information content (AvgIpc) is 2.58. The van der Waals surface area contributed by atoms with Crippen molar-refractivity contribution in [2.45, 2.75) is 32.1 Å². The third-order valence-corrected chi connectivity index (χ3v) is 4.42. The van der Waals surface area contributed by atoms with Crippen molar-refractivity contribution >= 4 is 10.0 Å². The summed E-state index contributed by atoms with van der Waals surface area (Å²) in [6.07, 6.45) is 1.89. The van der Waals surface area contributed by atoms with Crippen LogP contribution in [0.15, 0.2) is 6.20 Å². The van der Waals surface area contributed by atoms with Crippen LogP contribution in [0.3, 0.4) is 0 Å². The van der Waals surface area contributed by atoms with E-state index in [0.717, 1.165) is 11.3 Å². The molecule has 0 aliphatic rings. The first-order valence-corrected chi connectivity index (χ1v) is 6.82. The van der Waals surface area contributed by atoms with E-state index in [0.29, 0.717) is 0 Å². The van der Waals surface area contributed by atoms with E-state index in [1.807, 2.05) is 6.92 Å². The molecule has 94 valence electrons. The number of rotatable bonds is 5. The molecule has 1 aromatic heterocycles. The third kappa shape index (κ3) is 3.05. The molecule has 0 fully saturated rings. The van der Waals surface area contributed by atoms with Crippen LogP contribution in [-0.4, -0.2) is 23.4 Å². The van der Waals surface area contributed by atoms with Crippen molar-refractivity contribution in [1.29, 1.82) is 5.26 Å². The zero-order valence-electron chi connectivity index (χ0n) is 10.1. The summed E-state index contributed by atoms with van der Waals surface area (Å²) in [7, 11) is -1.79. The normalized spacial score (nSPS) is 13.3. The first kappa shape index (κ1) is 13.7. The zero-order chi connectivity index (χ0) is 13.1. The standard InChI is InChI=1S/C10H16N4O2S/c1-4-10(5-11)17(15,16)13-7-9-6-12-14(3)8(9)2/h6,10,13H,4,7H2,1-3H3. The van der Waals surface area contributed by atoms with Crippen LogP contribution >= 0.6 is 0 Å². The van der Waals surface area contributed by atoms with Crippen LogP contribution in [0, 0.1) is 18.3 Å². The van der Waals surface area contributed by atoms with Crippen LogP contribution in [-0.2, 0) is 23.6 Å². The number of nitrogens with zero attached hydrogens (tertiary/aromatic N) is 3. The molecular weight excluding hydrogens is 240 g/mol. The van der Waals surface area contributed by atoms with Gasteiger partial charge in [0.05, 0.1) is 12.3 Å². The van der Waals surface area contributed by atoms with Crippen LogP contribution in [0.5, 0.6) is 0 Å². The fraction of sp³-hybridized carbons (Fsp3) is 0.600. The monoisotopic (exact) mass is 256 g/mol. The van der Waals surface area contributed by atoms with Gasteiger partial charge in [-0.3, -0.25) is 4.68 Å². The molecule has 0 radical (unpaired) electrons. The maximum absolute atomic E-state index is 11.7. The summed E-state index contributed by atoms with van der Waals surface area (Å²) in [5.41, 5.74) is 1.71. The Labute approximate surface area is 101 Å². The molecule has 0 amide bonds. The van der Waals surface area contributed by atoms with E-state index in [1.54, 1.807) is 30.9 Å². The number of aryl methyl sites for hydroxylation is 1. The van der Waals surface area contributed by atoms with E-state index in [1.165, 1.54) is 0 Å². The first-order chi connectivity index (χ1) is 7.92. The summed E-state index contributed by atoms with van der Waals surface area (Å²) < 4.78 is 27.5. The highest BCUT2D eigenvalue weighted by atomic mass is 32.2. The minimum atomic E-state index is -3.58. The smallest absolute Gasteiger partial charge is 0.228 e. The molecule has 0 bridgehead atoms. The lowest BCUT2D eigenvalue weighted by Gasteiger charge is -2.09. The highest BCUT2D eigenvalue weighted by Crippen LogP contribution is 2.08. The van der Waals surface area contributed by atoms with E-state index in [9.17, 15) is 8.42 Å². The Bertz CT molecular complexity index is 527. The Morgan fingerprint density at radius 2 is 2.29 bits per heavy atom. The molecule has 0 saturated heterocycles. The molecule has 7 heteroatoms. The average molecular weight is 256 g/mol. The fourth-order valence-corrected chi connectivity index (χ4v) is 2.51. The molecule has 0 aromatic carbocycles. The van der Waals surface area contributed by atoms with Gasteiger partial charge in [-0.2, -0.15) is 10.4 Å². The van der Waals surface area contributed by atoms with Gasteiger partial charge in [0.2, 0.25) is 10.0 Å². The number of nitriles is 1. The van der Waals surface area contributed by atoms with Gasteiger partial charge in [-0.1, -0.05) is 6.92 Å². The molecule has 0 spiro atoms. The first-order valence-electron chi connectivity index (χ1n) is 5.28. The molecule has 6 nitrogen and oxygen atoms in total. The van der Waals surface area contributed by atoms with Crippen molar-refractivity contribution in [2.24, 2.45) is 7.05 Å². The topological polar surface area (TPSA) is 87.8 Å². The zero-order valence-corrected chi connectivity index (χ0v) is 11.0. The van der Waals surface area contributed by atoms with Gasteiger partial charge < -0.3 is 0 Å². The lowest BCUT2D eigenvalue weighted by molar-refractivity contribution is 0.572. The molecular formula is C10H16N4O2S. The summed E-state index contributed by atoms with van der Waals surface area (Å²) in [5.74, 6) is 0. The van der Waals surface area contributed by atoms with E-state index in [-0.39, 0.29) is 13.0 Å². The molecule has 1 rings (SSSR count). The number of hydrogen-bond acceptors (Lipinski definition) is 4. The van der Waals surface area contributed by atoms with Gasteiger partial charge in [0, 0.05) is 24.8 Å². The van der Waals surface area contributed by atoms with Crippen LogP contribution in [0.25, 0.3) is 0 Å². The molecule has 1 heterocycles. The van der Waals surface area contributed by atoms with Gasteiger partial charge >= 0.3 is 0 Å². The molecule has 1 unspecified atom stereocenters. The Hall–Kier alpha value is -1.39. The Morgan fingerprint density at radius 3 is 2.71 bits per heavy atom. The lowest BCUT2D eigenvalue weighted by Crippen LogP contribution is -2.32. The van der Waals surface area contributed by atoms with Crippen molar-refractivity contribution in [3.8, 4) is 6.07 Å². The fourth-order valence-electron chi connectivity index (χ4n) is 1.38. The molecule has 1 N–H and O–H groups in total. The van der Waals surface area contributed by atoms with E-state index >= 15 is 0 Å². The second-order valence-corrected chi connectivity index (χ2v) is 5.72. The van der Waals surface area contributed by atoms with Gasteiger partial charge in [0.1, 0.15) is 0 Å².